The summed E-state index contributed by atoms with van der Waals surface area (Å²) >= 11 is 0. The molecule has 0 unspecified atom stereocenters. The van der Waals surface area contributed by atoms with E-state index in [1.165, 1.54) is 0 Å². The van der Waals surface area contributed by atoms with E-state index in [1.807, 2.05) is 24.3 Å². The number of likely N-dealkylation sites (tertiary alicyclic amines) is 1. The standard InChI is InChI=1S/C18H23NO4/c1-2-3-12-22-17(21)19-10-8-18(9-11-19)13-15(20)14-6-4-5-7-16(14)23-18/h4-7H,2-3,8-13H2,1H3. The van der Waals surface area contributed by atoms with E-state index in [0.29, 0.717) is 50.3 Å². The van der Waals surface area contributed by atoms with Gasteiger partial charge in [0.15, 0.2) is 5.78 Å². The zero-order valence-electron chi connectivity index (χ0n) is 13.5. The summed E-state index contributed by atoms with van der Waals surface area (Å²) in [5.41, 5.74) is 0.200. The van der Waals surface area contributed by atoms with Gasteiger partial charge in [-0.15, -0.1) is 0 Å². The minimum absolute atomic E-state index is 0.130. The molecule has 1 fully saturated rings. The van der Waals surface area contributed by atoms with Gasteiger partial charge in [-0.25, -0.2) is 4.79 Å². The second kappa shape index (κ2) is 6.60. The SMILES string of the molecule is CCCCOC(=O)N1CCC2(CC1)CC(=O)c1ccccc1O2. The highest BCUT2D eigenvalue weighted by atomic mass is 16.6. The van der Waals surface area contributed by atoms with Crippen molar-refractivity contribution in [3.8, 4) is 5.75 Å². The van der Waals surface area contributed by atoms with Crippen LogP contribution in [0.3, 0.4) is 0 Å². The molecule has 0 saturated carbocycles. The van der Waals surface area contributed by atoms with Crippen LogP contribution in [0.15, 0.2) is 24.3 Å². The summed E-state index contributed by atoms with van der Waals surface area (Å²) in [6.45, 7) is 3.67. The Kier molecular flexibility index (Phi) is 4.55. The van der Waals surface area contributed by atoms with Crippen molar-refractivity contribution in [1.29, 1.82) is 0 Å². The van der Waals surface area contributed by atoms with Crippen molar-refractivity contribution >= 4 is 11.9 Å². The lowest BCUT2D eigenvalue weighted by Gasteiger charge is -2.43. The summed E-state index contributed by atoms with van der Waals surface area (Å²) in [6.07, 6.45) is 3.36. The van der Waals surface area contributed by atoms with E-state index in [0.717, 1.165) is 12.8 Å². The molecule has 1 saturated heterocycles. The van der Waals surface area contributed by atoms with E-state index in [1.54, 1.807) is 4.90 Å². The van der Waals surface area contributed by atoms with E-state index in [-0.39, 0.29) is 11.9 Å². The Balaban J connectivity index is 1.61. The molecule has 0 atom stereocenters. The van der Waals surface area contributed by atoms with Crippen molar-refractivity contribution in [1.82, 2.24) is 4.90 Å². The molecule has 5 heteroatoms. The van der Waals surface area contributed by atoms with Crippen molar-refractivity contribution in [2.75, 3.05) is 19.7 Å². The molecule has 3 rings (SSSR count). The van der Waals surface area contributed by atoms with Crippen LogP contribution in [-0.4, -0.2) is 42.1 Å². The third-order valence-corrected chi connectivity index (χ3v) is 4.65. The van der Waals surface area contributed by atoms with E-state index in [9.17, 15) is 9.59 Å². The first kappa shape index (κ1) is 15.8. The first-order valence-electron chi connectivity index (χ1n) is 8.36. The minimum Gasteiger partial charge on any atom is -0.486 e. The second-order valence-corrected chi connectivity index (χ2v) is 6.34. The number of unbranched alkanes of at least 4 members (excludes halogenated alkanes) is 1. The lowest BCUT2D eigenvalue weighted by molar-refractivity contribution is -0.00913. The maximum absolute atomic E-state index is 12.4. The number of rotatable bonds is 3. The molecule has 0 radical (unpaired) electrons. The van der Waals surface area contributed by atoms with Gasteiger partial charge in [0.25, 0.3) is 0 Å². The Morgan fingerprint density at radius 2 is 2.04 bits per heavy atom. The highest BCUT2D eigenvalue weighted by molar-refractivity contribution is 6.00. The highest BCUT2D eigenvalue weighted by Crippen LogP contribution is 2.39. The summed E-state index contributed by atoms with van der Waals surface area (Å²) < 4.78 is 11.4. The summed E-state index contributed by atoms with van der Waals surface area (Å²) in [6, 6.07) is 7.39. The van der Waals surface area contributed by atoms with Gasteiger partial charge in [-0.2, -0.15) is 0 Å². The fourth-order valence-corrected chi connectivity index (χ4v) is 3.21. The van der Waals surface area contributed by atoms with E-state index >= 15 is 0 Å². The predicted octanol–water partition coefficient (Wildman–Crippen LogP) is 3.42. The van der Waals surface area contributed by atoms with Crippen LogP contribution in [0.25, 0.3) is 0 Å². The Labute approximate surface area is 136 Å². The summed E-state index contributed by atoms with van der Waals surface area (Å²) in [7, 11) is 0. The number of Topliss-reactive ketones (excluding diaryl/α,β-unsaturated/α-hetero) is 1. The Morgan fingerprint density at radius 1 is 1.30 bits per heavy atom. The number of ketones is 1. The number of hydrogen-bond donors (Lipinski definition) is 0. The zero-order valence-corrected chi connectivity index (χ0v) is 13.5. The average Bonchev–Trinajstić information content (AvgIpc) is 2.55. The van der Waals surface area contributed by atoms with Gasteiger partial charge in [-0.3, -0.25) is 4.79 Å². The minimum atomic E-state index is -0.467. The van der Waals surface area contributed by atoms with Crippen LogP contribution < -0.4 is 4.74 Å². The fraction of sp³-hybridized carbons (Fsp3) is 0.556. The fourth-order valence-electron chi connectivity index (χ4n) is 3.21. The molecule has 1 aromatic carbocycles. The van der Waals surface area contributed by atoms with E-state index in [2.05, 4.69) is 6.92 Å². The molecule has 1 aromatic rings. The molecular weight excluding hydrogens is 294 g/mol. The van der Waals surface area contributed by atoms with Crippen LogP contribution in [-0.2, 0) is 4.74 Å². The topological polar surface area (TPSA) is 55.8 Å². The number of piperidine rings is 1. The number of carbonyl (C=O) groups excluding carboxylic acids is 2. The van der Waals surface area contributed by atoms with Crippen molar-refractivity contribution < 1.29 is 19.1 Å². The number of hydrogen-bond acceptors (Lipinski definition) is 4. The molecule has 2 aliphatic heterocycles. The van der Waals surface area contributed by atoms with Gasteiger partial charge in [0, 0.05) is 25.9 Å². The van der Waals surface area contributed by atoms with E-state index in [4.69, 9.17) is 9.47 Å². The van der Waals surface area contributed by atoms with Gasteiger partial charge in [0.2, 0.25) is 0 Å². The first-order valence-corrected chi connectivity index (χ1v) is 8.36. The van der Waals surface area contributed by atoms with Gasteiger partial charge in [0.1, 0.15) is 11.4 Å². The number of amides is 1. The smallest absolute Gasteiger partial charge is 0.409 e. The zero-order chi connectivity index (χ0) is 16.3. The van der Waals surface area contributed by atoms with Crippen LogP contribution in [0, 0.1) is 0 Å². The number of benzene rings is 1. The molecule has 0 aliphatic carbocycles. The maximum Gasteiger partial charge on any atom is 0.409 e. The van der Waals surface area contributed by atoms with Crippen molar-refractivity contribution in [2.45, 2.75) is 44.6 Å². The van der Waals surface area contributed by atoms with Crippen LogP contribution in [0.2, 0.25) is 0 Å². The number of para-hydroxylation sites is 1. The normalized spacial score (nSPS) is 19.2. The molecule has 5 nitrogen and oxygen atoms in total. The molecule has 2 aliphatic rings. The van der Waals surface area contributed by atoms with Crippen LogP contribution in [0.4, 0.5) is 4.79 Å². The monoisotopic (exact) mass is 317 g/mol. The molecule has 1 amide bonds. The van der Waals surface area contributed by atoms with E-state index < -0.39 is 5.60 Å². The number of fused-ring (bicyclic) bond motifs is 1. The summed E-state index contributed by atoms with van der Waals surface area (Å²) in [4.78, 5) is 26.1. The third-order valence-electron chi connectivity index (χ3n) is 4.65. The lowest BCUT2D eigenvalue weighted by Crippen LogP contribution is -2.52. The van der Waals surface area contributed by atoms with Crippen LogP contribution in [0.5, 0.6) is 5.75 Å². The summed E-state index contributed by atoms with van der Waals surface area (Å²) in [5.74, 6) is 0.800. The van der Waals surface area contributed by atoms with Gasteiger partial charge < -0.3 is 14.4 Å². The Bertz CT molecular complexity index is 590. The lowest BCUT2D eigenvalue weighted by atomic mass is 9.82. The third kappa shape index (κ3) is 3.33. The van der Waals surface area contributed by atoms with Crippen LogP contribution >= 0.6 is 0 Å². The number of carbonyl (C=O) groups is 2. The first-order chi connectivity index (χ1) is 11.1. The van der Waals surface area contributed by atoms with Gasteiger partial charge in [-0.05, 0) is 18.6 Å². The Morgan fingerprint density at radius 3 is 2.78 bits per heavy atom. The molecule has 1 spiro atoms. The largest absolute Gasteiger partial charge is 0.486 e. The highest BCUT2D eigenvalue weighted by Gasteiger charge is 2.43. The van der Waals surface area contributed by atoms with Gasteiger partial charge >= 0.3 is 6.09 Å². The Hall–Kier alpha value is -2.04. The van der Waals surface area contributed by atoms with Crippen molar-refractivity contribution in [3.63, 3.8) is 0 Å². The molecule has 2 heterocycles. The summed E-state index contributed by atoms with van der Waals surface area (Å²) in [5, 5.41) is 0. The molecular formula is C18H23NO4. The molecule has 124 valence electrons. The second-order valence-electron chi connectivity index (χ2n) is 6.34. The average molecular weight is 317 g/mol. The van der Waals surface area contributed by atoms with Crippen LogP contribution in [0.1, 0.15) is 49.4 Å². The van der Waals surface area contributed by atoms with Gasteiger partial charge in [0.05, 0.1) is 18.6 Å². The quantitative estimate of drug-likeness (QED) is 0.802. The molecule has 0 bridgehead atoms. The number of nitrogens with zero attached hydrogens (tertiary/aromatic N) is 1. The van der Waals surface area contributed by atoms with Crippen molar-refractivity contribution in [3.05, 3.63) is 29.8 Å². The molecule has 0 aromatic heterocycles. The predicted molar refractivity (Wildman–Crippen MR) is 85.8 cm³/mol. The molecule has 23 heavy (non-hydrogen) atoms. The maximum atomic E-state index is 12.4. The van der Waals surface area contributed by atoms with Gasteiger partial charge in [-0.1, -0.05) is 25.5 Å². The molecule has 0 N–H and O–H groups in total. The van der Waals surface area contributed by atoms with Crippen molar-refractivity contribution in [2.24, 2.45) is 0 Å². The number of ether oxygens (including phenoxy) is 2.